The summed E-state index contributed by atoms with van der Waals surface area (Å²) in [7, 11) is 0. The van der Waals surface area contributed by atoms with Crippen LogP contribution in [0.15, 0.2) is 24.3 Å². The summed E-state index contributed by atoms with van der Waals surface area (Å²) in [5, 5.41) is 11.2. The number of hydrogen-bond donors (Lipinski definition) is 3. The van der Waals surface area contributed by atoms with Gasteiger partial charge in [0.2, 0.25) is 0 Å². The number of carbonyl (C=O) groups excluding carboxylic acids is 1. The minimum Gasteiger partial charge on any atom is -0.396 e. The van der Waals surface area contributed by atoms with Crippen molar-refractivity contribution in [1.82, 2.24) is 9.97 Å². The van der Waals surface area contributed by atoms with Gasteiger partial charge in [0, 0.05) is 12.1 Å². The van der Waals surface area contributed by atoms with Crippen LogP contribution in [-0.4, -0.2) is 27.6 Å². The standard InChI is InChI=1S/C16H11ClF3N3O2/c17-9-5-7(1-2-10(9)18)21-16(25)8-6-11(19)13(20)15-14(8)22-12(23-15)3-4-24/h1-2,5-6,24H,3-4H2,(H,21,25)(H,22,23). The smallest absolute Gasteiger partial charge is 0.257 e. The Balaban J connectivity index is 2.02. The molecule has 1 heterocycles. The summed E-state index contributed by atoms with van der Waals surface area (Å²) in [6, 6.07) is 4.27. The minimum absolute atomic E-state index is 0.00643. The number of fused-ring (bicyclic) bond motifs is 1. The molecule has 0 fully saturated rings. The first-order valence-electron chi connectivity index (χ1n) is 7.14. The number of aliphatic hydroxyl groups is 1. The molecule has 1 aromatic heterocycles. The fourth-order valence-electron chi connectivity index (χ4n) is 2.33. The van der Waals surface area contributed by atoms with Crippen LogP contribution in [0.3, 0.4) is 0 Å². The van der Waals surface area contributed by atoms with Crippen LogP contribution < -0.4 is 5.32 Å². The third kappa shape index (κ3) is 3.31. The number of anilines is 1. The predicted molar refractivity (Wildman–Crippen MR) is 86.2 cm³/mol. The van der Waals surface area contributed by atoms with Crippen molar-refractivity contribution in [3.63, 3.8) is 0 Å². The lowest BCUT2D eigenvalue weighted by Gasteiger charge is -2.07. The van der Waals surface area contributed by atoms with Crippen molar-refractivity contribution in [2.45, 2.75) is 6.42 Å². The monoisotopic (exact) mass is 369 g/mol. The average Bonchev–Trinajstić information content (AvgIpc) is 2.98. The molecule has 130 valence electrons. The van der Waals surface area contributed by atoms with Crippen LogP contribution >= 0.6 is 11.6 Å². The van der Waals surface area contributed by atoms with Gasteiger partial charge in [0.25, 0.3) is 5.91 Å². The van der Waals surface area contributed by atoms with Crippen LogP contribution in [0.1, 0.15) is 16.2 Å². The third-order valence-corrected chi connectivity index (χ3v) is 3.77. The number of benzene rings is 2. The van der Waals surface area contributed by atoms with Crippen LogP contribution in [-0.2, 0) is 6.42 Å². The largest absolute Gasteiger partial charge is 0.396 e. The molecule has 2 aromatic carbocycles. The minimum atomic E-state index is -1.24. The molecule has 0 saturated carbocycles. The van der Waals surface area contributed by atoms with E-state index in [0.29, 0.717) is 0 Å². The fraction of sp³-hybridized carbons (Fsp3) is 0.125. The number of aromatic nitrogens is 2. The highest BCUT2D eigenvalue weighted by Gasteiger charge is 2.21. The summed E-state index contributed by atoms with van der Waals surface area (Å²) in [6.45, 7) is -0.250. The Hall–Kier alpha value is -2.58. The van der Waals surface area contributed by atoms with Gasteiger partial charge in [-0.1, -0.05) is 11.6 Å². The number of nitrogens with one attached hydrogen (secondary N) is 2. The van der Waals surface area contributed by atoms with E-state index in [-0.39, 0.29) is 46.2 Å². The van der Waals surface area contributed by atoms with Gasteiger partial charge in [0.1, 0.15) is 17.2 Å². The lowest BCUT2D eigenvalue weighted by atomic mass is 10.1. The van der Waals surface area contributed by atoms with E-state index >= 15 is 0 Å². The number of hydrogen-bond acceptors (Lipinski definition) is 3. The molecule has 0 bridgehead atoms. The Morgan fingerprint density at radius 3 is 2.68 bits per heavy atom. The summed E-state index contributed by atoms with van der Waals surface area (Å²) in [5.74, 6) is -3.64. The van der Waals surface area contributed by atoms with Crippen molar-refractivity contribution in [1.29, 1.82) is 0 Å². The second-order valence-electron chi connectivity index (χ2n) is 5.18. The van der Waals surface area contributed by atoms with E-state index < -0.39 is 23.4 Å². The first kappa shape index (κ1) is 17.2. The van der Waals surface area contributed by atoms with Crippen molar-refractivity contribution >= 4 is 34.2 Å². The topological polar surface area (TPSA) is 78.0 Å². The van der Waals surface area contributed by atoms with Gasteiger partial charge in [0.15, 0.2) is 11.6 Å². The summed E-state index contributed by atoms with van der Waals surface area (Å²) in [5.41, 5.74) is -0.353. The highest BCUT2D eigenvalue weighted by atomic mass is 35.5. The maximum absolute atomic E-state index is 13.9. The van der Waals surface area contributed by atoms with Crippen molar-refractivity contribution in [2.24, 2.45) is 0 Å². The summed E-state index contributed by atoms with van der Waals surface area (Å²) >= 11 is 5.65. The molecule has 1 amide bonds. The average molecular weight is 370 g/mol. The number of aromatic amines is 1. The molecule has 0 spiro atoms. The molecule has 0 aliphatic rings. The molecule has 0 unspecified atom stereocenters. The molecule has 5 nitrogen and oxygen atoms in total. The van der Waals surface area contributed by atoms with E-state index in [9.17, 15) is 18.0 Å². The predicted octanol–water partition coefficient (Wildman–Crippen LogP) is 3.42. The zero-order valence-corrected chi connectivity index (χ0v) is 13.3. The number of halogens is 4. The van der Waals surface area contributed by atoms with Crippen LogP contribution in [0.25, 0.3) is 11.0 Å². The Morgan fingerprint density at radius 1 is 1.24 bits per heavy atom. The Morgan fingerprint density at radius 2 is 2.00 bits per heavy atom. The lowest BCUT2D eigenvalue weighted by Crippen LogP contribution is -2.13. The molecule has 25 heavy (non-hydrogen) atoms. The van der Waals surface area contributed by atoms with E-state index in [0.717, 1.165) is 12.1 Å². The van der Waals surface area contributed by atoms with Gasteiger partial charge >= 0.3 is 0 Å². The summed E-state index contributed by atoms with van der Waals surface area (Å²) < 4.78 is 40.9. The number of nitrogens with zero attached hydrogens (tertiary/aromatic N) is 1. The number of H-pyrrole nitrogens is 1. The Bertz CT molecular complexity index is 975. The SMILES string of the molecule is O=C(Nc1ccc(F)c(Cl)c1)c1cc(F)c(F)c2nc(CCO)[nH]c12. The maximum atomic E-state index is 13.9. The number of rotatable bonds is 4. The highest BCUT2D eigenvalue weighted by Crippen LogP contribution is 2.25. The van der Waals surface area contributed by atoms with Crippen LogP contribution in [0, 0.1) is 17.5 Å². The number of amides is 1. The van der Waals surface area contributed by atoms with Gasteiger partial charge in [-0.25, -0.2) is 18.2 Å². The Labute approximate surface area is 144 Å². The van der Waals surface area contributed by atoms with Gasteiger partial charge in [-0.15, -0.1) is 0 Å². The van der Waals surface area contributed by atoms with Gasteiger partial charge in [-0.3, -0.25) is 4.79 Å². The molecule has 0 atom stereocenters. The number of imidazole rings is 1. The summed E-state index contributed by atoms with van der Waals surface area (Å²) in [6.07, 6.45) is 0.0877. The van der Waals surface area contributed by atoms with E-state index in [1.807, 2.05) is 0 Å². The zero-order chi connectivity index (χ0) is 18.1. The Kier molecular flexibility index (Phi) is 4.65. The van der Waals surface area contributed by atoms with E-state index in [1.54, 1.807) is 0 Å². The number of carbonyl (C=O) groups is 1. The van der Waals surface area contributed by atoms with E-state index in [1.165, 1.54) is 12.1 Å². The van der Waals surface area contributed by atoms with Crippen LogP contribution in [0.5, 0.6) is 0 Å². The van der Waals surface area contributed by atoms with Gasteiger partial charge in [0.05, 0.1) is 22.7 Å². The van der Waals surface area contributed by atoms with Gasteiger partial charge in [-0.2, -0.15) is 0 Å². The molecular weight excluding hydrogens is 359 g/mol. The third-order valence-electron chi connectivity index (χ3n) is 3.48. The van der Waals surface area contributed by atoms with Crippen LogP contribution in [0.2, 0.25) is 5.02 Å². The first-order valence-corrected chi connectivity index (χ1v) is 7.52. The van der Waals surface area contributed by atoms with Gasteiger partial charge in [-0.05, 0) is 24.3 Å². The maximum Gasteiger partial charge on any atom is 0.257 e. The quantitative estimate of drug-likeness (QED) is 0.659. The fourth-order valence-corrected chi connectivity index (χ4v) is 2.51. The first-order chi connectivity index (χ1) is 11.9. The van der Waals surface area contributed by atoms with Crippen molar-refractivity contribution in [3.8, 4) is 0 Å². The summed E-state index contributed by atoms with van der Waals surface area (Å²) in [4.78, 5) is 19.0. The molecular formula is C16H11ClF3N3O2. The molecule has 0 aliphatic heterocycles. The highest BCUT2D eigenvalue weighted by molar-refractivity contribution is 6.31. The molecule has 0 saturated heterocycles. The van der Waals surface area contributed by atoms with Crippen LogP contribution in [0.4, 0.5) is 18.9 Å². The molecule has 9 heteroatoms. The normalized spacial score (nSPS) is 11.1. The van der Waals surface area contributed by atoms with Crippen molar-refractivity contribution in [2.75, 3.05) is 11.9 Å². The zero-order valence-electron chi connectivity index (χ0n) is 12.5. The van der Waals surface area contributed by atoms with Crippen molar-refractivity contribution < 1.29 is 23.1 Å². The van der Waals surface area contributed by atoms with E-state index in [2.05, 4.69) is 15.3 Å². The molecule has 0 aliphatic carbocycles. The second-order valence-corrected chi connectivity index (χ2v) is 5.59. The molecule has 3 aromatic rings. The van der Waals surface area contributed by atoms with E-state index in [4.69, 9.17) is 16.7 Å². The van der Waals surface area contributed by atoms with Crippen molar-refractivity contribution in [3.05, 3.63) is 58.1 Å². The second kappa shape index (κ2) is 6.73. The van der Waals surface area contributed by atoms with Gasteiger partial charge < -0.3 is 15.4 Å². The lowest BCUT2D eigenvalue weighted by molar-refractivity contribution is 0.102. The number of aliphatic hydroxyl groups excluding tert-OH is 1. The molecule has 0 radical (unpaired) electrons. The molecule has 3 rings (SSSR count). The molecule has 3 N–H and O–H groups in total.